The maximum absolute atomic E-state index is 12.3. The van der Waals surface area contributed by atoms with Gasteiger partial charge in [0, 0.05) is 12.3 Å². The maximum atomic E-state index is 12.3. The van der Waals surface area contributed by atoms with Crippen molar-refractivity contribution in [3.05, 3.63) is 78.2 Å². The van der Waals surface area contributed by atoms with Gasteiger partial charge in [-0.2, -0.15) is 0 Å². The molecule has 0 unspecified atom stereocenters. The molecule has 176 valence electrons. The fraction of sp³-hybridized carbons (Fsp3) is 0.240. The highest BCUT2D eigenvalue weighted by atomic mass is 16.5. The second-order valence-corrected chi connectivity index (χ2v) is 7.71. The number of aromatic nitrogens is 2. The summed E-state index contributed by atoms with van der Waals surface area (Å²) in [6.07, 6.45) is 0.759. The number of alkyl carbamates (subject to hydrolysis) is 1. The third-order valence-electron chi connectivity index (χ3n) is 4.97. The molecule has 0 radical (unpaired) electrons. The molecule has 3 rings (SSSR count). The van der Waals surface area contributed by atoms with Gasteiger partial charge in [-0.1, -0.05) is 67.6 Å². The Bertz CT molecular complexity index is 1130. The number of H-pyrrole nitrogens is 1. The summed E-state index contributed by atoms with van der Waals surface area (Å²) in [6.45, 7) is 1.17. The lowest BCUT2D eigenvalue weighted by atomic mass is 10.0. The van der Waals surface area contributed by atoms with Gasteiger partial charge in [-0.15, -0.1) is 0 Å². The minimum absolute atomic E-state index is 0.0854. The largest absolute Gasteiger partial charge is 0.445 e. The molecule has 0 bridgehead atoms. The normalized spacial score (nSPS) is 11.3. The Balaban J connectivity index is 1.36. The van der Waals surface area contributed by atoms with Crippen LogP contribution in [0.3, 0.4) is 0 Å². The number of rotatable bonds is 11. The third kappa shape index (κ3) is 7.40. The molecule has 0 saturated carbocycles. The summed E-state index contributed by atoms with van der Waals surface area (Å²) in [7, 11) is 0. The smallest absolute Gasteiger partial charge is 0.407 e. The quantitative estimate of drug-likeness (QED) is 0.376. The van der Waals surface area contributed by atoms with Gasteiger partial charge in [0.2, 0.25) is 11.7 Å². The number of amides is 2. The zero-order valence-electron chi connectivity index (χ0n) is 18.7. The van der Waals surface area contributed by atoms with E-state index in [1.165, 1.54) is 0 Å². The molecule has 3 N–H and O–H groups in total. The SMILES string of the molecule is C[C@H](CC(=O)CNC(=O)OCc1ccccc1)C(=O)NCC(=O)c1ncc(-c2ccccc2)[nH]1. The predicted octanol–water partition coefficient (Wildman–Crippen LogP) is 2.90. The highest BCUT2D eigenvalue weighted by molar-refractivity contribution is 5.97. The average molecular weight is 463 g/mol. The molecule has 1 atom stereocenters. The number of Topliss-reactive ketones (excluding diaryl/α,β-unsaturated/α-hetero) is 2. The van der Waals surface area contributed by atoms with E-state index in [0.717, 1.165) is 11.1 Å². The molecule has 0 aliphatic heterocycles. The molecule has 3 aromatic rings. The zero-order chi connectivity index (χ0) is 24.3. The number of hydrogen-bond donors (Lipinski definition) is 3. The average Bonchev–Trinajstić information content (AvgIpc) is 3.36. The van der Waals surface area contributed by atoms with Crippen LogP contribution in [0.2, 0.25) is 0 Å². The number of imidazole rings is 1. The summed E-state index contributed by atoms with van der Waals surface area (Å²) in [6, 6.07) is 18.6. The molecule has 0 aliphatic carbocycles. The van der Waals surface area contributed by atoms with E-state index in [9.17, 15) is 19.2 Å². The Labute approximate surface area is 196 Å². The summed E-state index contributed by atoms with van der Waals surface area (Å²) in [4.78, 5) is 55.5. The van der Waals surface area contributed by atoms with Gasteiger partial charge in [-0.3, -0.25) is 14.4 Å². The first-order valence-corrected chi connectivity index (χ1v) is 10.8. The number of nitrogens with zero attached hydrogens (tertiary/aromatic N) is 1. The number of nitrogens with one attached hydrogen (secondary N) is 3. The second-order valence-electron chi connectivity index (χ2n) is 7.71. The molecular formula is C25H26N4O5. The van der Waals surface area contributed by atoms with Crippen LogP contribution >= 0.6 is 0 Å². The van der Waals surface area contributed by atoms with Crippen LogP contribution in [0.25, 0.3) is 11.3 Å². The molecule has 9 nitrogen and oxygen atoms in total. The standard InChI is InChI=1S/C25H26N4O5/c1-17(12-20(30)13-28-25(33)34-16-18-8-4-2-5-9-18)24(32)27-15-22(31)23-26-14-21(29-23)19-10-6-3-7-11-19/h2-11,14,17H,12-13,15-16H2,1H3,(H,26,29)(H,27,32)(H,28,33)/t17-/m1/s1. The van der Waals surface area contributed by atoms with Crippen LogP contribution in [0.1, 0.15) is 29.5 Å². The second kappa shape index (κ2) is 12.1. The van der Waals surface area contributed by atoms with Crippen LogP contribution in [-0.2, 0) is 20.9 Å². The molecule has 9 heteroatoms. The van der Waals surface area contributed by atoms with E-state index in [1.54, 1.807) is 13.1 Å². The van der Waals surface area contributed by atoms with Gasteiger partial charge in [0.25, 0.3) is 0 Å². The van der Waals surface area contributed by atoms with Crippen molar-refractivity contribution in [3.8, 4) is 11.3 Å². The van der Waals surface area contributed by atoms with E-state index in [0.29, 0.717) is 5.69 Å². The summed E-state index contributed by atoms with van der Waals surface area (Å²) in [5.41, 5.74) is 2.42. The molecule has 1 heterocycles. The fourth-order valence-electron chi connectivity index (χ4n) is 3.10. The number of ketones is 2. The molecule has 0 aliphatic rings. The Kier molecular flexibility index (Phi) is 8.67. The number of hydrogen-bond acceptors (Lipinski definition) is 6. The number of aromatic amines is 1. The van der Waals surface area contributed by atoms with Crippen molar-refractivity contribution < 1.29 is 23.9 Å². The molecule has 1 aromatic heterocycles. The lowest BCUT2D eigenvalue weighted by Gasteiger charge is -2.11. The topological polar surface area (TPSA) is 130 Å². The van der Waals surface area contributed by atoms with E-state index in [4.69, 9.17) is 4.74 Å². The van der Waals surface area contributed by atoms with Crippen LogP contribution in [-0.4, -0.2) is 46.6 Å². The van der Waals surface area contributed by atoms with Gasteiger partial charge >= 0.3 is 6.09 Å². The maximum Gasteiger partial charge on any atom is 0.407 e. The minimum atomic E-state index is -0.715. The van der Waals surface area contributed by atoms with Crippen molar-refractivity contribution in [2.45, 2.75) is 20.0 Å². The molecule has 0 spiro atoms. The number of benzene rings is 2. The lowest BCUT2D eigenvalue weighted by molar-refractivity contribution is -0.128. The minimum Gasteiger partial charge on any atom is -0.445 e. The highest BCUT2D eigenvalue weighted by Gasteiger charge is 2.19. The third-order valence-corrected chi connectivity index (χ3v) is 4.97. The van der Waals surface area contributed by atoms with Crippen LogP contribution in [0.15, 0.2) is 66.9 Å². The predicted molar refractivity (Wildman–Crippen MR) is 125 cm³/mol. The number of carbonyl (C=O) groups is 4. The van der Waals surface area contributed by atoms with Crippen molar-refractivity contribution in [3.63, 3.8) is 0 Å². The van der Waals surface area contributed by atoms with Gasteiger partial charge in [0.15, 0.2) is 11.6 Å². The van der Waals surface area contributed by atoms with Crippen LogP contribution < -0.4 is 10.6 Å². The van der Waals surface area contributed by atoms with Crippen LogP contribution in [0, 0.1) is 5.92 Å². The Morgan fingerprint density at radius 1 is 0.941 bits per heavy atom. The van der Waals surface area contributed by atoms with Gasteiger partial charge in [-0.25, -0.2) is 9.78 Å². The van der Waals surface area contributed by atoms with Gasteiger partial charge in [0.05, 0.1) is 25.0 Å². The monoisotopic (exact) mass is 462 g/mol. The molecule has 2 aromatic carbocycles. The summed E-state index contributed by atoms with van der Waals surface area (Å²) in [5, 5.41) is 4.90. The molecule has 0 saturated heterocycles. The van der Waals surface area contributed by atoms with Gasteiger partial charge < -0.3 is 20.4 Å². The summed E-state index contributed by atoms with van der Waals surface area (Å²) >= 11 is 0. The molecule has 34 heavy (non-hydrogen) atoms. The Hall–Kier alpha value is -4.27. The molecular weight excluding hydrogens is 436 g/mol. The molecule has 2 amide bonds. The van der Waals surface area contributed by atoms with E-state index < -0.39 is 17.9 Å². The van der Waals surface area contributed by atoms with Crippen molar-refractivity contribution in [2.75, 3.05) is 13.1 Å². The van der Waals surface area contributed by atoms with Gasteiger partial charge in [0.1, 0.15) is 6.61 Å². The van der Waals surface area contributed by atoms with Crippen molar-refractivity contribution in [2.24, 2.45) is 5.92 Å². The van der Waals surface area contributed by atoms with Crippen LogP contribution in [0.4, 0.5) is 4.79 Å². The van der Waals surface area contributed by atoms with Crippen molar-refractivity contribution >= 4 is 23.6 Å². The van der Waals surface area contributed by atoms with E-state index >= 15 is 0 Å². The summed E-state index contributed by atoms with van der Waals surface area (Å²) in [5.74, 6) is -1.68. The summed E-state index contributed by atoms with van der Waals surface area (Å²) < 4.78 is 5.04. The van der Waals surface area contributed by atoms with E-state index in [1.807, 2.05) is 60.7 Å². The fourth-order valence-corrected chi connectivity index (χ4v) is 3.10. The number of carbonyl (C=O) groups excluding carboxylic acids is 4. The first-order valence-electron chi connectivity index (χ1n) is 10.8. The van der Waals surface area contributed by atoms with Crippen molar-refractivity contribution in [1.29, 1.82) is 0 Å². The van der Waals surface area contributed by atoms with Crippen molar-refractivity contribution in [1.82, 2.24) is 20.6 Å². The van der Waals surface area contributed by atoms with Gasteiger partial charge in [-0.05, 0) is 11.1 Å². The van der Waals surface area contributed by atoms with E-state index in [2.05, 4.69) is 20.6 Å². The first-order chi connectivity index (χ1) is 16.4. The highest BCUT2D eigenvalue weighted by Crippen LogP contribution is 2.16. The first kappa shape index (κ1) is 24.4. The Morgan fingerprint density at radius 3 is 2.32 bits per heavy atom. The van der Waals surface area contributed by atoms with Crippen LogP contribution in [0.5, 0.6) is 0 Å². The number of ether oxygens (including phenoxy) is 1. The van der Waals surface area contributed by atoms with E-state index in [-0.39, 0.29) is 43.5 Å². The zero-order valence-corrected chi connectivity index (χ0v) is 18.7. The lowest BCUT2D eigenvalue weighted by Crippen LogP contribution is -2.36. The Morgan fingerprint density at radius 2 is 1.62 bits per heavy atom. The molecule has 0 fully saturated rings.